The number of hydrogen-bond donors (Lipinski definition) is 1. The van der Waals surface area contributed by atoms with Crippen LogP contribution in [0, 0.1) is 5.82 Å². The molecule has 1 aromatic heterocycles. The van der Waals surface area contributed by atoms with E-state index in [1.54, 1.807) is 4.57 Å². The minimum Gasteiger partial charge on any atom is -0.477 e. The lowest BCUT2D eigenvalue weighted by atomic mass is 10.1. The highest BCUT2D eigenvalue weighted by Gasteiger charge is 2.40. The lowest BCUT2D eigenvalue weighted by molar-refractivity contribution is 0.0694. The predicted octanol–water partition coefficient (Wildman–Crippen LogP) is 2.35. The summed E-state index contributed by atoms with van der Waals surface area (Å²) in [5.41, 5.74) is -0.602. The molecule has 1 fully saturated rings. The van der Waals surface area contributed by atoms with Crippen molar-refractivity contribution in [3.05, 3.63) is 46.0 Å². The number of benzene rings is 1. The first-order valence-corrected chi connectivity index (χ1v) is 6.01. The van der Waals surface area contributed by atoms with E-state index in [9.17, 15) is 14.0 Å². The maximum atomic E-state index is 13.4. The van der Waals surface area contributed by atoms with Crippen LogP contribution in [0.3, 0.4) is 0 Å². The Balaban J connectivity index is 2.46. The second-order valence-electron chi connectivity index (χ2n) is 5.21. The molecule has 1 N–H and O–H groups in total. The average molecular weight is 261 g/mol. The van der Waals surface area contributed by atoms with Gasteiger partial charge in [-0.15, -0.1) is 0 Å². The third-order valence-corrected chi connectivity index (χ3v) is 3.75. The molecule has 98 valence electrons. The van der Waals surface area contributed by atoms with Crippen molar-refractivity contribution >= 4 is 16.9 Å². The van der Waals surface area contributed by atoms with Crippen LogP contribution < -0.4 is 5.43 Å². The Bertz CT molecular complexity index is 759. The van der Waals surface area contributed by atoms with Crippen LogP contribution in [0.2, 0.25) is 0 Å². The first kappa shape index (κ1) is 11.9. The smallest absolute Gasteiger partial charge is 0.341 e. The summed E-state index contributed by atoms with van der Waals surface area (Å²) >= 11 is 0. The number of carbonyl (C=O) groups is 1. The number of rotatable bonds is 2. The molecule has 0 atom stereocenters. The Kier molecular flexibility index (Phi) is 2.29. The van der Waals surface area contributed by atoms with Crippen molar-refractivity contribution in [1.29, 1.82) is 0 Å². The lowest BCUT2D eigenvalue weighted by Crippen LogP contribution is -2.23. The summed E-state index contributed by atoms with van der Waals surface area (Å²) in [5.74, 6) is -1.69. The van der Waals surface area contributed by atoms with Gasteiger partial charge in [0.2, 0.25) is 5.43 Å². The van der Waals surface area contributed by atoms with Crippen LogP contribution in [-0.4, -0.2) is 15.6 Å². The topological polar surface area (TPSA) is 59.3 Å². The second-order valence-corrected chi connectivity index (χ2v) is 5.21. The molecule has 0 unspecified atom stereocenters. The van der Waals surface area contributed by atoms with Gasteiger partial charge in [-0.05, 0) is 38.0 Å². The summed E-state index contributed by atoms with van der Waals surface area (Å²) in [6.45, 7) is 1.97. The molecule has 0 saturated heterocycles. The molecule has 0 amide bonds. The van der Waals surface area contributed by atoms with E-state index in [4.69, 9.17) is 5.11 Å². The van der Waals surface area contributed by atoms with E-state index < -0.39 is 17.2 Å². The van der Waals surface area contributed by atoms with E-state index in [0.717, 1.165) is 12.8 Å². The van der Waals surface area contributed by atoms with Crippen LogP contribution in [-0.2, 0) is 5.54 Å². The standard InChI is InChI=1S/C14H12FNO3/c1-14(4-5-14)16-7-10(13(18)19)12(17)9-3-2-8(15)6-11(9)16/h2-3,6-7H,4-5H2,1H3,(H,18,19). The molecule has 1 aromatic carbocycles. The first-order chi connectivity index (χ1) is 8.92. The zero-order valence-corrected chi connectivity index (χ0v) is 10.3. The number of carboxylic acids is 1. The maximum Gasteiger partial charge on any atom is 0.341 e. The summed E-state index contributed by atoms with van der Waals surface area (Å²) in [5, 5.41) is 9.35. The van der Waals surface area contributed by atoms with E-state index in [2.05, 4.69) is 0 Å². The lowest BCUT2D eigenvalue weighted by Gasteiger charge is -2.18. The van der Waals surface area contributed by atoms with Crippen molar-refractivity contribution in [3.8, 4) is 0 Å². The van der Waals surface area contributed by atoms with Gasteiger partial charge in [0.25, 0.3) is 0 Å². The number of hydrogen-bond acceptors (Lipinski definition) is 2. The summed E-state index contributed by atoms with van der Waals surface area (Å²) in [6.07, 6.45) is 3.11. The van der Waals surface area contributed by atoms with E-state index in [1.165, 1.54) is 24.4 Å². The van der Waals surface area contributed by atoms with Crippen LogP contribution in [0.15, 0.2) is 29.2 Å². The summed E-state index contributed by atoms with van der Waals surface area (Å²) in [6, 6.07) is 3.81. The number of nitrogens with zero attached hydrogens (tertiary/aromatic N) is 1. The van der Waals surface area contributed by atoms with Crippen molar-refractivity contribution in [1.82, 2.24) is 4.57 Å². The molecular weight excluding hydrogens is 249 g/mol. The SMILES string of the molecule is CC1(n2cc(C(=O)O)c(=O)c3ccc(F)cc32)CC1. The largest absolute Gasteiger partial charge is 0.477 e. The summed E-state index contributed by atoms with van der Waals surface area (Å²) in [7, 11) is 0. The highest BCUT2D eigenvalue weighted by Crippen LogP contribution is 2.44. The number of pyridine rings is 1. The van der Waals surface area contributed by atoms with Crippen LogP contribution in [0.4, 0.5) is 4.39 Å². The molecule has 0 spiro atoms. The molecule has 1 aliphatic rings. The molecule has 2 aromatic rings. The third kappa shape index (κ3) is 1.73. The Morgan fingerprint density at radius 2 is 2.11 bits per heavy atom. The predicted molar refractivity (Wildman–Crippen MR) is 68.0 cm³/mol. The molecular formula is C14H12FNO3. The highest BCUT2D eigenvalue weighted by molar-refractivity contribution is 5.92. The van der Waals surface area contributed by atoms with Crippen LogP contribution >= 0.6 is 0 Å². The monoisotopic (exact) mass is 261 g/mol. The molecule has 1 aliphatic carbocycles. The van der Waals surface area contributed by atoms with Crippen molar-refractivity contribution in [3.63, 3.8) is 0 Å². The van der Waals surface area contributed by atoms with E-state index in [0.29, 0.717) is 5.52 Å². The molecule has 0 radical (unpaired) electrons. The van der Waals surface area contributed by atoms with Gasteiger partial charge in [0.15, 0.2) is 0 Å². The van der Waals surface area contributed by atoms with Gasteiger partial charge in [-0.3, -0.25) is 4.79 Å². The minimum atomic E-state index is -1.26. The van der Waals surface area contributed by atoms with E-state index >= 15 is 0 Å². The van der Waals surface area contributed by atoms with Crippen LogP contribution in [0.1, 0.15) is 30.1 Å². The number of fused-ring (bicyclic) bond motifs is 1. The van der Waals surface area contributed by atoms with E-state index in [-0.39, 0.29) is 16.5 Å². The van der Waals surface area contributed by atoms with E-state index in [1.807, 2.05) is 6.92 Å². The van der Waals surface area contributed by atoms with Crippen molar-refractivity contribution < 1.29 is 14.3 Å². The molecule has 1 saturated carbocycles. The van der Waals surface area contributed by atoms with Gasteiger partial charge >= 0.3 is 5.97 Å². The fourth-order valence-corrected chi connectivity index (χ4v) is 2.32. The quantitative estimate of drug-likeness (QED) is 0.902. The number of aromatic nitrogens is 1. The molecule has 0 bridgehead atoms. The zero-order valence-electron chi connectivity index (χ0n) is 10.3. The Hall–Kier alpha value is -2.17. The number of carboxylic acid groups (broad SMARTS) is 1. The van der Waals surface area contributed by atoms with Gasteiger partial charge in [0, 0.05) is 17.1 Å². The summed E-state index contributed by atoms with van der Waals surface area (Å²) in [4.78, 5) is 23.2. The number of aromatic carboxylic acids is 1. The molecule has 19 heavy (non-hydrogen) atoms. The molecule has 1 heterocycles. The van der Waals surface area contributed by atoms with Gasteiger partial charge < -0.3 is 9.67 Å². The van der Waals surface area contributed by atoms with Crippen LogP contribution in [0.5, 0.6) is 0 Å². The molecule has 3 rings (SSSR count). The minimum absolute atomic E-state index is 0.218. The van der Waals surface area contributed by atoms with Gasteiger partial charge in [-0.25, -0.2) is 9.18 Å². The third-order valence-electron chi connectivity index (χ3n) is 3.75. The average Bonchev–Trinajstić information content (AvgIpc) is 3.07. The Labute approximate surface area is 108 Å². The molecule has 0 aliphatic heterocycles. The number of halogens is 1. The van der Waals surface area contributed by atoms with Crippen molar-refractivity contribution in [2.24, 2.45) is 0 Å². The van der Waals surface area contributed by atoms with Gasteiger partial charge in [0.05, 0.1) is 5.52 Å². The Morgan fingerprint density at radius 3 is 2.68 bits per heavy atom. The van der Waals surface area contributed by atoms with Crippen molar-refractivity contribution in [2.75, 3.05) is 0 Å². The Morgan fingerprint density at radius 1 is 1.42 bits per heavy atom. The van der Waals surface area contributed by atoms with Gasteiger partial charge in [-0.1, -0.05) is 0 Å². The van der Waals surface area contributed by atoms with Crippen LogP contribution in [0.25, 0.3) is 10.9 Å². The zero-order chi connectivity index (χ0) is 13.8. The normalized spacial score (nSPS) is 16.5. The summed E-state index contributed by atoms with van der Waals surface area (Å²) < 4.78 is 15.1. The fraction of sp³-hybridized carbons (Fsp3) is 0.286. The van der Waals surface area contributed by atoms with Gasteiger partial charge in [-0.2, -0.15) is 0 Å². The highest BCUT2D eigenvalue weighted by atomic mass is 19.1. The fourth-order valence-electron chi connectivity index (χ4n) is 2.32. The molecule has 4 nitrogen and oxygen atoms in total. The second kappa shape index (κ2) is 3.66. The van der Waals surface area contributed by atoms with Crippen molar-refractivity contribution in [2.45, 2.75) is 25.3 Å². The molecule has 5 heteroatoms. The van der Waals surface area contributed by atoms with Gasteiger partial charge in [0.1, 0.15) is 11.4 Å². The first-order valence-electron chi connectivity index (χ1n) is 6.01. The maximum absolute atomic E-state index is 13.4.